The number of nitrogens with two attached hydrogens (primary N) is 1. The summed E-state index contributed by atoms with van der Waals surface area (Å²) in [5.74, 6) is 0.689. The Bertz CT molecular complexity index is 393. The van der Waals surface area contributed by atoms with Crippen LogP contribution in [0.2, 0.25) is 5.02 Å². The number of benzene rings is 1. The molecule has 0 spiro atoms. The molecule has 0 amide bonds. The largest absolute Gasteiger partial charge is 0.598 e. The van der Waals surface area contributed by atoms with Gasteiger partial charge in [-0.2, -0.15) is 5.14 Å². The van der Waals surface area contributed by atoms with Crippen molar-refractivity contribution in [1.82, 2.24) is 0 Å². The first-order chi connectivity index (χ1) is 8.25. The van der Waals surface area contributed by atoms with Gasteiger partial charge in [0.1, 0.15) is 4.75 Å². The molecule has 0 aliphatic heterocycles. The van der Waals surface area contributed by atoms with Gasteiger partial charge in [0.05, 0.1) is 0 Å². The van der Waals surface area contributed by atoms with Crippen molar-refractivity contribution in [3.05, 3.63) is 34.9 Å². The van der Waals surface area contributed by atoms with Gasteiger partial charge in [-0.25, -0.2) is 0 Å². The van der Waals surface area contributed by atoms with Crippen molar-refractivity contribution in [2.24, 2.45) is 11.1 Å². The van der Waals surface area contributed by atoms with Gasteiger partial charge in [-0.3, -0.25) is 0 Å². The molecule has 102 valence electrons. The van der Waals surface area contributed by atoms with Gasteiger partial charge in [0, 0.05) is 22.8 Å². The second-order valence-corrected chi connectivity index (χ2v) is 7.74. The Balaban J connectivity index is 3.02. The van der Waals surface area contributed by atoms with Crippen molar-refractivity contribution >= 4 is 23.0 Å². The molecule has 1 unspecified atom stereocenters. The van der Waals surface area contributed by atoms with E-state index in [2.05, 4.69) is 13.8 Å². The Labute approximate surface area is 118 Å². The van der Waals surface area contributed by atoms with Crippen LogP contribution in [0.1, 0.15) is 45.6 Å². The standard InChI is InChI=1S/C14H22ClNOS/c1-10(2)12(9-14(3,4)18(16)17)11-7-5-6-8-13(11)15/h5-8,10,12H,9,16H2,1-4H3/t12-,18?/m1/s1. The van der Waals surface area contributed by atoms with Crippen LogP contribution in [0.4, 0.5) is 0 Å². The Morgan fingerprint density at radius 3 is 2.33 bits per heavy atom. The molecule has 0 radical (unpaired) electrons. The lowest BCUT2D eigenvalue weighted by atomic mass is 9.82. The van der Waals surface area contributed by atoms with Gasteiger partial charge in [0.25, 0.3) is 0 Å². The highest BCUT2D eigenvalue weighted by molar-refractivity contribution is 7.90. The number of rotatable bonds is 5. The summed E-state index contributed by atoms with van der Waals surface area (Å²) in [5, 5.41) is 6.35. The van der Waals surface area contributed by atoms with Crippen LogP contribution >= 0.6 is 11.6 Å². The predicted molar refractivity (Wildman–Crippen MR) is 80.1 cm³/mol. The second kappa shape index (κ2) is 6.29. The Hall–Kier alpha value is -0.220. The van der Waals surface area contributed by atoms with Crippen molar-refractivity contribution in [3.8, 4) is 0 Å². The Morgan fingerprint density at radius 1 is 1.33 bits per heavy atom. The number of hydrogen-bond donors (Lipinski definition) is 1. The molecule has 0 fully saturated rings. The van der Waals surface area contributed by atoms with Gasteiger partial charge in [0.15, 0.2) is 0 Å². The van der Waals surface area contributed by atoms with E-state index in [0.29, 0.717) is 5.92 Å². The average molecular weight is 288 g/mol. The van der Waals surface area contributed by atoms with Crippen LogP contribution in [-0.4, -0.2) is 9.30 Å². The van der Waals surface area contributed by atoms with E-state index in [1.54, 1.807) is 0 Å². The molecule has 2 atom stereocenters. The van der Waals surface area contributed by atoms with E-state index in [-0.39, 0.29) is 5.92 Å². The Morgan fingerprint density at radius 2 is 1.89 bits per heavy atom. The van der Waals surface area contributed by atoms with Crippen molar-refractivity contribution in [3.63, 3.8) is 0 Å². The van der Waals surface area contributed by atoms with E-state index >= 15 is 0 Å². The maximum atomic E-state index is 11.6. The summed E-state index contributed by atoms with van der Waals surface area (Å²) in [6.45, 7) is 8.19. The molecule has 1 aromatic rings. The minimum Gasteiger partial charge on any atom is -0.598 e. The van der Waals surface area contributed by atoms with E-state index in [0.717, 1.165) is 17.0 Å². The normalized spacial score (nSPS) is 15.8. The van der Waals surface area contributed by atoms with Crippen molar-refractivity contribution in [2.75, 3.05) is 0 Å². The minimum atomic E-state index is -1.34. The molecule has 0 bridgehead atoms. The highest BCUT2D eigenvalue weighted by Crippen LogP contribution is 2.38. The van der Waals surface area contributed by atoms with E-state index in [1.807, 2.05) is 38.1 Å². The summed E-state index contributed by atoms with van der Waals surface area (Å²) in [4.78, 5) is 0. The first-order valence-electron chi connectivity index (χ1n) is 6.16. The fourth-order valence-electron chi connectivity index (χ4n) is 2.09. The average Bonchev–Trinajstić information content (AvgIpc) is 2.26. The fourth-order valence-corrected chi connectivity index (χ4v) is 2.71. The van der Waals surface area contributed by atoms with Crippen molar-refractivity contribution in [2.45, 2.75) is 44.8 Å². The highest BCUT2D eigenvalue weighted by atomic mass is 35.5. The van der Waals surface area contributed by atoms with Crippen LogP contribution in [0.25, 0.3) is 0 Å². The lowest BCUT2D eigenvalue weighted by Crippen LogP contribution is -2.39. The van der Waals surface area contributed by atoms with Crippen LogP contribution < -0.4 is 5.14 Å². The quantitative estimate of drug-likeness (QED) is 0.836. The minimum absolute atomic E-state index is 0.265. The third-order valence-corrected chi connectivity index (χ3v) is 4.97. The molecule has 4 heteroatoms. The molecule has 0 aromatic heterocycles. The summed E-state index contributed by atoms with van der Waals surface area (Å²) in [6.07, 6.45) is 0.761. The van der Waals surface area contributed by atoms with E-state index < -0.39 is 16.1 Å². The van der Waals surface area contributed by atoms with Crippen LogP contribution in [-0.2, 0) is 11.4 Å². The molecular formula is C14H22ClNOS. The first-order valence-corrected chi connectivity index (χ1v) is 7.75. The fraction of sp³-hybridized carbons (Fsp3) is 0.571. The van der Waals surface area contributed by atoms with Gasteiger partial charge in [-0.05, 0) is 37.3 Å². The zero-order valence-corrected chi connectivity index (χ0v) is 13.0. The molecule has 1 aromatic carbocycles. The van der Waals surface area contributed by atoms with Gasteiger partial charge in [-0.15, -0.1) is 0 Å². The molecule has 0 saturated heterocycles. The van der Waals surface area contributed by atoms with E-state index in [9.17, 15) is 4.55 Å². The monoisotopic (exact) mass is 287 g/mol. The maximum Gasteiger partial charge on any atom is 0.140 e. The third kappa shape index (κ3) is 3.89. The molecule has 18 heavy (non-hydrogen) atoms. The summed E-state index contributed by atoms with van der Waals surface area (Å²) in [7, 11) is 0. The molecule has 2 N–H and O–H groups in total. The van der Waals surface area contributed by atoms with Crippen LogP contribution in [0.15, 0.2) is 24.3 Å². The maximum absolute atomic E-state index is 11.6. The summed E-state index contributed by atoms with van der Waals surface area (Å²) in [5.41, 5.74) is 1.12. The molecule has 0 heterocycles. The smallest absolute Gasteiger partial charge is 0.140 e. The molecule has 0 saturated carbocycles. The van der Waals surface area contributed by atoms with Gasteiger partial charge < -0.3 is 4.55 Å². The summed E-state index contributed by atoms with van der Waals surface area (Å²) >= 11 is 4.93. The van der Waals surface area contributed by atoms with E-state index in [1.165, 1.54) is 0 Å². The van der Waals surface area contributed by atoms with Crippen molar-refractivity contribution < 1.29 is 4.55 Å². The van der Waals surface area contributed by atoms with Crippen LogP contribution in [0, 0.1) is 5.92 Å². The molecular weight excluding hydrogens is 266 g/mol. The number of halogens is 1. The molecule has 0 aliphatic carbocycles. The lowest BCUT2D eigenvalue weighted by molar-refractivity contribution is 0.412. The molecule has 0 aliphatic rings. The third-order valence-electron chi connectivity index (χ3n) is 3.37. The van der Waals surface area contributed by atoms with Gasteiger partial charge in [-0.1, -0.05) is 43.6 Å². The lowest BCUT2D eigenvalue weighted by Gasteiger charge is -2.31. The zero-order chi connectivity index (χ0) is 13.9. The number of hydrogen-bond acceptors (Lipinski definition) is 2. The highest BCUT2D eigenvalue weighted by Gasteiger charge is 2.35. The topological polar surface area (TPSA) is 49.1 Å². The Kier molecular flexibility index (Phi) is 5.53. The summed E-state index contributed by atoms with van der Waals surface area (Å²) in [6, 6.07) is 7.86. The SMILES string of the molecule is CC(C)[C@@H](CC(C)(C)[S+](N)[O-])c1ccccc1Cl. The zero-order valence-electron chi connectivity index (χ0n) is 11.4. The molecule has 2 nitrogen and oxygen atoms in total. The van der Waals surface area contributed by atoms with Gasteiger partial charge in [0.2, 0.25) is 0 Å². The second-order valence-electron chi connectivity index (χ2n) is 5.63. The molecule has 1 rings (SSSR count). The van der Waals surface area contributed by atoms with Crippen LogP contribution in [0.3, 0.4) is 0 Å². The summed E-state index contributed by atoms with van der Waals surface area (Å²) < 4.78 is 11.2. The van der Waals surface area contributed by atoms with Gasteiger partial charge >= 0.3 is 0 Å². The van der Waals surface area contributed by atoms with Crippen molar-refractivity contribution in [1.29, 1.82) is 0 Å². The van der Waals surface area contributed by atoms with Crippen LogP contribution in [0.5, 0.6) is 0 Å². The first kappa shape index (κ1) is 15.8. The predicted octanol–water partition coefficient (Wildman–Crippen LogP) is 3.87. The van der Waals surface area contributed by atoms with E-state index in [4.69, 9.17) is 16.7 Å².